The molecule has 0 aliphatic heterocycles. The van der Waals surface area contributed by atoms with E-state index in [1.165, 1.54) is 0 Å². The molecule has 2 aromatic carbocycles. The number of para-hydroxylation sites is 1. The Bertz CT molecular complexity index is 666. The molecule has 23 heavy (non-hydrogen) atoms. The lowest BCUT2D eigenvalue weighted by atomic mass is 10.1. The zero-order chi connectivity index (χ0) is 16.5. The van der Waals surface area contributed by atoms with Gasteiger partial charge in [-0.25, -0.2) is 4.79 Å². The topological polar surface area (TPSA) is 70.6 Å². The van der Waals surface area contributed by atoms with E-state index >= 15 is 0 Å². The largest absolute Gasteiger partial charge is 0.496 e. The van der Waals surface area contributed by atoms with Crippen molar-refractivity contribution in [2.24, 2.45) is 0 Å². The van der Waals surface area contributed by atoms with Gasteiger partial charge in [0.15, 0.2) is 0 Å². The molecule has 2 aromatic rings. The van der Waals surface area contributed by atoms with Gasteiger partial charge in [-0.2, -0.15) is 0 Å². The highest BCUT2D eigenvalue weighted by atomic mass is 16.5. The van der Waals surface area contributed by atoms with Crippen LogP contribution in [0.15, 0.2) is 54.7 Å². The number of hydrogen-bond donors (Lipinski definition) is 3. The molecular formula is C18H20N2O3. The van der Waals surface area contributed by atoms with Crippen LogP contribution in [0, 0.1) is 0 Å². The maximum atomic E-state index is 11.7. The number of aliphatic hydroxyl groups excluding tert-OH is 1. The molecule has 0 saturated heterocycles. The average molecular weight is 312 g/mol. The molecule has 0 heterocycles. The molecule has 3 N–H and O–H groups in total. The van der Waals surface area contributed by atoms with E-state index in [1.54, 1.807) is 19.4 Å². The number of rotatable bonds is 6. The van der Waals surface area contributed by atoms with Crippen LogP contribution in [-0.2, 0) is 13.2 Å². The lowest BCUT2D eigenvalue weighted by Gasteiger charge is -2.06. The van der Waals surface area contributed by atoms with Crippen molar-refractivity contribution in [1.29, 1.82) is 0 Å². The zero-order valence-corrected chi connectivity index (χ0v) is 13.0. The molecule has 0 unspecified atom stereocenters. The van der Waals surface area contributed by atoms with Crippen LogP contribution in [0.3, 0.4) is 0 Å². The molecule has 2 amide bonds. The molecule has 0 spiro atoms. The monoisotopic (exact) mass is 312 g/mol. The lowest BCUT2D eigenvalue weighted by molar-refractivity contribution is 0.244. The van der Waals surface area contributed by atoms with Crippen molar-refractivity contribution in [3.8, 4) is 5.75 Å². The van der Waals surface area contributed by atoms with Crippen LogP contribution in [0.25, 0.3) is 6.08 Å². The second kappa shape index (κ2) is 8.60. The maximum Gasteiger partial charge on any atom is 0.319 e. The molecule has 0 fully saturated rings. The van der Waals surface area contributed by atoms with Gasteiger partial charge in [0.2, 0.25) is 0 Å². The first kappa shape index (κ1) is 16.6. The van der Waals surface area contributed by atoms with E-state index in [-0.39, 0.29) is 12.6 Å². The van der Waals surface area contributed by atoms with Crippen LogP contribution in [0.4, 0.5) is 4.79 Å². The minimum atomic E-state index is -0.289. The summed E-state index contributed by atoms with van der Waals surface area (Å²) in [6, 6.07) is 14.7. The number of methoxy groups -OCH3 is 1. The van der Waals surface area contributed by atoms with Gasteiger partial charge in [0.1, 0.15) is 5.75 Å². The maximum absolute atomic E-state index is 11.7. The smallest absolute Gasteiger partial charge is 0.319 e. The van der Waals surface area contributed by atoms with Gasteiger partial charge >= 0.3 is 6.03 Å². The van der Waals surface area contributed by atoms with Crippen LogP contribution in [-0.4, -0.2) is 18.2 Å². The number of amides is 2. The van der Waals surface area contributed by atoms with Gasteiger partial charge in [0, 0.05) is 18.3 Å². The van der Waals surface area contributed by atoms with Crippen LogP contribution in [0.2, 0.25) is 0 Å². The van der Waals surface area contributed by atoms with Gasteiger partial charge in [-0.15, -0.1) is 0 Å². The van der Waals surface area contributed by atoms with Crippen LogP contribution in [0.1, 0.15) is 16.7 Å². The van der Waals surface area contributed by atoms with E-state index in [1.807, 2.05) is 48.5 Å². The Morgan fingerprint density at radius 2 is 1.83 bits per heavy atom. The Hall–Kier alpha value is -2.79. The first-order chi connectivity index (χ1) is 11.2. The minimum Gasteiger partial charge on any atom is -0.496 e. The van der Waals surface area contributed by atoms with Crippen molar-refractivity contribution in [2.45, 2.75) is 13.2 Å². The van der Waals surface area contributed by atoms with Gasteiger partial charge in [-0.05, 0) is 23.3 Å². The molecule has 0 atom stereocenters. The lowest BCUT2D eigenvalue weighted by Crippen LogP contribution is -2.31. The number of benzene rings is 2. The highest BCUT2D eigenvalue weighted by Gasteiger charge is 2.00. The summed E-state index contributed by atoms with van der Waals surface area (Å²) in [6.07, 6.45) is 3.34. The molecule has 5 nitrogen and oxygen atoms in total. The Balaban J connectivity index is 1.81. The Kier molecular flexibility index (Phi) is 6.20. The number of hydrogen-bond acceptors (Lipinski definition) is 3. The predicted octanol–water partition coefficient (Wildman–Crippen LogP) is 2.66. The molecule has 0 saturated carbocycles. The van der Waals surface area contributed by atoms with Crippen molar-refractivity contribution in [1.82, 2.24) is 10.6 Å². The molecule has 0 aliphatic rings. The summed E-state index contributed by atoms with van der Waals surface area (Å²) in [5.41, 5.74) is 2.69. The van der Waals surface area contributed by atoms with E-state index < -0.39 is 0 Å². The summed E-state index contributed by atoms with van der Waals surface area (Å²) in [4.78, 5) is 11.7. The summed E-state index contributed by atoms with van der Waals surface area (Å²) in [6.45, 7) is 0.433. The number of ether oxygens (including phenoxy) is 1. The molecule has 0 bridgehead atoms. The quantitative estimate of drug-likeness (QED) is 0.768. The fourth-order valence-electron chi connectivity index (χ4n) is 2.01. The van der Waals surface area contributed by atoms with Crippen LogP contribution < -0.4 is 15.4 Å². The molecule has 0 aromatic heterocycles. The first-order valence-corrected chi connectivity index (χ1v) is 7.25. The molecule has 0 radical (unpaired) electrons. The molecule has 120 valence electrons. The third kappa shape index (κ3) is 5.16. The van der Waals surface area contributed by atoms with Gasteiger partial charge in [-0.3, -0.25) is 0 Å². The van der Waals surface area contributed by atoms with Crippen LogP contribution >= 0.6 is 0 Å². The second-order valence-corrected chi connectivity index (χ2v) is 4.88. The Morgan fingerprint density at radius 3 is 2.52 bits per heavy atom. The van der Waals surface area contributed by atoms with E-state index in [9.17, 15) is 4.79 Å². The second-order valence-electron chi connectivity index (χ2n) is 4.88. The van der Waals surface area contributed by atoms with Gasteiger partial charge in [0.25, 0.3) is 0 Å². The van der Waals surface area contributed by atoms with Crippen LogP contribution in [0.5, 0.6) is 5.75 Å². The SMILES string of the molecule is COc1ccccc1/C=C/NC(=O)NCc1ccc(CO)cc1. The van der Waals surface area contributed by atoms with E-state index in [4.69, 9.17) is 9.84 Å². The Morgan fingerprint density at radius 1 is 1.13 bits per heavy atom. The molecule has 5 heteroatoms. The van der Waals surface area contributed by atoms with Crippen molar-refractivity contribution in [3.63, 3.8) is 0 Å². The fraction of sp³-hybridized carbons (Fsp3) is 0.167. The van der Waals surface area contributed by atoms with Gasteiger partial charge in [0.05, 0.1) is 13.7 Å². The number of urea groups is 1. The minimum absolute atomic E-state index is 0.0158. The number of aliphatic hydroxyl groups is 1. The van der Waals surface area contributed by atoms with Crippen molar-refractivity contribution in [3.05, 3.63) is 71.4 Å². The fourth-order valence-corrected chi connectivity index (χ4v) is 2.01. The number of carbonyl (C=O) groups excluding carboxylic acids is 1. The van der Waals surface area contributed by atoms with Gasteiger partial charge < -0.3 is 20.5 Å². The van der Waals surface area contributed by atoms with Crippen molar-refractivity contribution < 1.29 is 14.6 Å². The Labute approximate surface area is 135 Å². The summed E-state index contributed by atoms with van der Waals surface area (Å²) in [5.74, 6) is 0.745. The number of carbonyl (C=O) groups is 1. The van der Waals surface area contributed by atoms with E-state index in [2.05, 4.69) is 10.6 Å². The first-order valence-electron chi connectivity index (χ1n) is 7.25. The van der Waals surface area contributed by atoms with Crippen molar-refractivity contribution >= 4 is 12.1 Å². The number of nitrogens with one attached hydrogen (secondary N) is 2. The third-order valence-corrected chi connectivity index (χ3v) is 3.27. The average Bonchev–Trinajstić information content (AvgIpc) is 2.61. The van der Waals surface area contributed by atoms with Crippen molar-refractivity contribution in [2.75, 3.05) is 7.11 Å². The molecule has 0 aliphatic carbocycles. The normalized spacial score (nSPS) is 10.5. The van der Waals surface area contributed by atoms with E-state index in [0.717, 1.165) is 22.4 Å². The van der Waals surface area contributed by atoms with Gasteiger partial charge in [-0.1, -0.05) is 42.5 Å². The highest BCUT2D eigenvalue weighted by Crippen LogP contribution is 2.18. The summed E-state index contributed by atoms with van der Waals surface area (Å²) < 4.78 is 5.23. The molecular weight excluding hydrogens is 292 g/mol. The van der Waals surface area contributed by atoms with E-state index in [0.29, 0.717) is 6.54 Å². The summed E-state index contributed by atoms with van der Waals surface area (Å²) in [5, 5.41) is 14.4. The summed E-state index contributed by atoms with van der Waals surface area (Å²) in [7, 11) is 1.61. The zero-order valence-electron chi connectivity index (χ0n) is 13.0. The molecule has 2 rings (SSSR count). The standard InChI is InChI=1S/C18H20N2O3/c1-23-17-5-3-2-4-16(17)10-11-19-18(22)20-12-14-6-8-15(13-21)9-7-14/h2-11,21H,12-13H2,1H3,(H2,19,20,22)/b11-10+. The predicted molar refractivity (Wildman–Crippen MR) is 89.8 cm³/mol. The summed E-state index contributed by atoms with van der Waals surface area (Å²) >= 11 is 0. The highest BCUT2D eigenvalue weighted by molar-refractivity contribution is 5.76. The third-order valence-electron chi connectivity index (χ3n) is 3.27.